The minimum Gasteiger partial charge on any atom is -0.485 e. The number of fused-ring (bicyclic) bond motifs is 1. The third-order valence-electron chi connectivity index (χ3n) is 3.12. The summed E-state index contributed by atoms with van der Waals surface area (Å²) in [5, 5.41) is 11.4. The predicted octanol–water partition coefficient (Wildman–Crippen LogP) is 3.60. The highest BCUT2D eigenvalue weighted by atomic mass is 16.6. The molecule has 0 saturated heterocycles. The van der Waals surface area contributed by atoms with Crippen LogP contribution in [0.4, 0.5) is 5.69 Å². The number of benzene rings is 2. The van der Waals surface area contributed by atoms with Gasteiger partial charge in [-0.1, -0.05) is 18.2 Å². The number of ether oxygens (including phenoxy) is 1. The average molecular weight is 297 g/mol. The zero-order valence-electron chi connectivity index (χ0n) is 11.4. The molecule has 0 fully saturated rings. The molecule has 0 amide bonds. The fourth-order valence-electron chi connectivity index (χ4n) is 2.00. The van der Waals surface area contributed by atoms with Gasteiger partial charge in [0.2, 0.25) is 5.78 Å². The number of hydrogen-bond donors (Lipinski definition) is 0. The molecule has 6 nitrogen and oxygen atoms in total. The van der Waals surface area contributed by atoms with Gasteiger partial charge < -0.3 is 9.15 Å². The van der Waals surface area contributed by atoms with E-state index >= 15 is 0 Å². The van der Waals surface area contributed by atoms with Crippen LogP contribution in [0.3, 0.4) is 0 Å². The molecule has 3 rings (SSSR count). The summed E-state index contributed by atoms with van der Waals surface area (Å²) in [6.07, 6.45) is 0. The molecule has 0 aliphatic heterocycles. The van der Waals surface area contributed by atoms with Gasteiger partial charge in [0.1, 0.15) is 11.3 Å². The van der Waals surface area contributed by atoms with Crippen molar-refractivity contribution in [3.63, 3.8) is 0 Å². The third-order valence-corrected chi connectivity index (χ3v) is 3.12. The van der Waals surface area contributed by atoms with Gasteiger partial charge in [-0.15, -0.1) is 0 Å². The van der Waals surface area contributed by atoms with Gasteiger partial charge in [0.25, 0.3) is 5.69 Å². The van der Waals surface area contributed by atoms with Crippen molar-refractivity contribution >= 4 is 22.4 Å². The quantitative estimate of drug-likeness (QED) is 0.408. The van der Waals surface area contributed by atoms with Crippen LogP contribution in [0.25, 0.3) is 11.0 Å². The number of Topliss-reactive ketones (excluding diaryl/α,β-unsaturated/α-hetero) is 1. The first-order chi connectivity index (χ1) is 10.6. The Kier molecular flexibility index (Phi) is 3.57. The number of non-ortho nitro benzene ring substituents is 1. The van der Waals surface area contributed by atoms with Crippen molar-refractivity contribution in [3.8, 4) is 5.75 Å². The van der Waals surface area contributed by atoms with Crippen molar-refractivity contribution in [1.29, 1.82) is 0 Å². The molecule has 0 spiro atoms. The Morgan fingerprint density at radius 2 is 1.86 bits per heavy atom. The smallest absolute Gasteiger partial charge is 0.269 e. The summed E-state index contributed by atoms with van der Waals surface area (Å²) in [7, 11) is 0. The fraction of sp³-hybridized carbons (Fsp3) is 0.0625. The van der Waals surface area contributed by atoms with Gasteiger partial charge in [-0.25, -0.2) is 0 Å². The third kappa shape index (κ3) is 2.80. The molecule has 0 bridgehead atoms. The maximum Gasteiger partial charge on any atom is 0.269 e. The number of nitro benzene ring substituents is 1. The summed E-state index contributed by atoms with van der Waals surface area (Å²) >= 11 is 0. The zero-order chi connectivity index (χ0) is 15.5. The standard InChI is InChI=1S/C16H11NO5/c18-14(16-9-11-3-1-2-4-15(11)22-16)10-21-13-7-5-12(6-8-13)17(19)20/h1-9H,10H2. The van der Waals surface area contributed by atoms with Crippen molar-refractivity contribution < 1.29 is 18.9 Å². The number of carbonyl (C=O) groups is 1. The molecular weight excluding hydrogens is 286 g/mol. The van der Waals surface area contributed by atoms with E-state index in [-0.39, 0.29) is 23.8 Å². The molecule has 22 heavy (non-hydrogen) atoms. The summed E-state index contributed by atoms with van der Waals surface area (Å²) in [6, 6.07) is 14.5. The fourth-order valence-corrected chi connectivity index (χ4v) is 2.00. The van der Waals surface area contributed by atoms with Crippen molar-refractivity contribution in [2.24, 2.45) is 0 Å². The monoisotopic (exact) mass is 297 g/mol. The largest absolute Gasteiger partial charge is 0.485 e. The molecule has 0 saturated carbocycles. The minimum absolute atomic E-state index is 0.0315. The lowest BCUT2D eigenvalue weighted by molar-refractivity contribution is -0.384. The molecule has 0 radical (unpaired) electrons. The van der Waals surface area contributed by atoms with Gasteiger partial charge in [0.05, 0.1) is 4.92 Å². The van der Waals surface area contributed by atoms with Crippen LogP contribution in [0.5, 0.6) is 5.75 Å². The van der Waals surface area contributed by atoms with Gasteiger partial charge in [0, 0.05) is 17.5 Å². The molecule has 1 heterocycles. The maximum atomic E-state index is 12.0. The number of rotatable bonds is 5. The first kappa shape index (κ1) is 13.8. The lowest BCUT2D eigenvalue weighted by atomic mass is 10.2. The zero-order valence-corrected chi connectivity index (χ0v) is 11.4. The Labute approximate surface area is 125 Å². The van der Waals surface area contributed by atoms with Crippen molar-refractivity contribution in [3.05, 3.63) is 70.5 Å². The van der Waals surface area contributed by atoms with E-state index in [0.717, 1.165) is 5.39 Å². The second-order valence-electron chi connectivity index (χ2n) is 4.61. The molecule has 110 valence electrons. The molecule has 0 N–H and O–H groups in total. The summed E-state index contributed by atoms with van der Waals surface area (Å²) in [4.78, 5) is 22.1. The number of furan rings is 1. The average Bonchev–Trinajstić information content (AvgIpc) is 2.97. The molecule has 3 aromatic rings. The van der Waals surface area contributed by atoms with E-state index < -0.39 is 4.92 Å². The van der Waals surface area contributed by atoms with E-state index in [0.29, 0.717) is 11.3 Å². The van der Waals surface area contributed by atoms with Crippen LogP contribution in [-0.4, -0.2) is 17.3 Å². The van der Waals surface area contributed by atoms with Crippen LogP contribution in [-0.2, 0) is 0 Å². The van der Waals surface area contributed by atoms with Gasteiger partial charge >= 0.3 is 0 Å². The first-order valence-corrected chi connectivity index (χ1v) is 6.52. The SMILES string of the molecule is O=C(COc1ccc([N+](=O)[O-])cc1)c1cc2ccccc2o1. The van der Waals surface area contributed by atoms with E-state index in [1.165, 1.54) is 24.3 Å². The van der Waals surface area contributed by atoms with Crippen molar-refractivity contribution in [2.75, 3.05) is 6.61 Å². The van der Waals surface area contributed by atoms with E-state index in [1.54, 1.807) is 12.1 Å². The molecule has 2 aromatic carbocycles. The first-order valence-electron chi connectivity index (χ1n) is 6.52. The van der Waals surface area contributed by atoms with Crippen molar-refractivity contribution in [2.45, 2.75) is 0 Å². The number of hydrogen-bond acceptors (Lipinski definition) is 5. The van der Waals surface area contributed by atoms with E-state index in [4.69, 9.17) is 9.15 Å². The normalized spacial score (nSPS) is 10.5. The highest BCUT2D eigenvalue weighted by Crippen LogP contribution is 2.20. The maximum absolute atomic E-state index is 12.0. The molecule has 1 aromatic heterocycles. The lowest BCUT2D eigenvalue weighted by Crippen LogP contribution is -2.10. The van der Waals surface area contributed by atoms with E-state index in [1.807, 2.05) is 18.2 Å². The number of carbonyl (C=O) groups excluding carboxylic acids is 1. The predicted molar refractivity (Wildman–Crippen MR) is 79.1 cm³/mol. The summed E-state index contributed by atoms with van der Waals surface area (Å²) in [6.45, 7) is -0.197. The molecule has 0 aliphatic carbocycles. The van der Waals surface area contributed by atoms with Gasteiger partial charge in [-0.2, -0.15) is 0 Å². The van der Waals surface area contributed by atoms with Gasteiger partial charge in [-0.05, 0) is 24.3 Å². The summed E-state index contributed by atoms with van der Waals surface area (Å²) in [5.41, 5.74) is 0.608. The van der Waals surface area contributed by atoms with E-state index in [9.17, 15) is 14.9 Å². The van der Waals surface area contributed by atoms with Gasteiger partial charge in [0.15, 0.2) is 12.4 Å². The Bertz CT molecular complexity index is 802. The van der Waals surface area contributed by atoms with Gasteiger partial charge in [-0.3, -0.25) is 14.9 Å². The Morgan fingerprint density at radius 3 is 2.55 bits per heavy atom. The Hall–Kier alpha value is -3.15. The lowest BCUT2D eigenvalue weighted by Gasteiger charge is -2.03. The second kappa shape index (κ2) is 5.69. The van der Waals surface area contributed by atoms with Crippen molar-refractivity contribution in [1.82, 2.24) is 0 Å². The van der Waals surface area contributed by atoms with Crippen LogP contribution in [0.15, 0.2) is 59.0 Å². The topological polar surface area (TPSA) is 82.6 Å². The molecule has 6 heteroatoms. The van der Waals surface area contributed by atoms with E-state index in [2.05, 4.69) is 0 Å². The molecule has 0 atom stereocenters. The van der Waals surface area contributed by atoms with Crippen LogP contribution in [0.1, 0.15) is 10.6 Å². The van der Waals surface area contributed by atoms with Crippen LogP contribution < -0.4 is 4.74 Å². The molecule has 0 aliphatic rings. The van der Waals surface area contributed by atoms with Crippen LogP contribution >= 0.6 is 0 Å². The number of ketones is 1. The minimum atomic E-state index is -0.497. The highest BCUT2D eigenvalue weighted by Gasteiger charge is 2.13. The van der Waals surface area contributed by atoms with Crippen LogP contribution in [0.2, 0.25) is 0 Å². The number of para-hydroxylation sites is 1. The second-order valence-corrected chi connectivity index (χ2v) is 4.61. The molecule has 0 unspecified atom stereocenters. The Morgan fingerprint density at radius 1 is 1.14 bits per heavy atom. The molecular formula is C16H11NO5. The summed E-state index contributed by atoms with van der Waals surface area (Å²) in [5.74, 6) is 0.313. The van der Waals surface area contributed by atoms with Crippen LogP contribution in [0, 0.1) is 10.1 Å². The summed E-state index contributed by atoms with van der Waals surface area (Å²) < 4.78 is 10.8. The Balaban J connectivity index is 1.67. The highest BCUT2D eigenvalue weighted by molar-refractivity contribution is 5.98. The number of nitrogens with zero attached hydrogens (tertiary/aromatic N) is 1. The number of nitro groups is 1.